The Balaban J connectivity index is 1.95. The van der Waals surface area contributed by atoms with Crippen molar-refractivity contribution in [2.45, 2.75) is 6.54 Å². The molecule has 16 heavy (non-hydrogen) atoms. The molecule has 0 radical (unpaired) electrons. The van der Waals surface area contributed by atoms with E-state index in [-0.39, 0.29) is 11.6 Å². The van der Waals surface area contributed by atoms with E-state index in [1.54, 1.807) is 18.6 Å². The van der Waals surface area contributed by atoms with Crippen LogP contribution in [-0.2, 0) is 6.54 Å². The molecule has 0 aliphatic rings. The molecular formula is C10H9N5O. The topological polar surface area (TPSA) is 80.7 Å². The summed E-state index contributed by atoms with van der Waals surface area (Å²) in [6.45, 7) is 0.323. The number of carbonyl (C=O) groups is 1. The van der Waals surface area contributed by atoms with Crippen molar-refractivity contribution < 1.29 is 4.79 Å². The van der Waals surface area contributed by atoms with Crippen molar-refractivity contribution in [3.05, 3.63) is 48.6 Å². The molecule has 2 rings (SSSR count). The molecular weight excluding hydrogens is 206 g/mol. The first kappa shape index (κ1) is 10.2. The van der Waals surface area contributed by atoms with Gasteiger partial charge in [0.2, 0.25) is 0 Å². The molecule has 0 saturated carbocycles. The lowest BCUT2D eigenvalue weighted by molar-refractivity contribution is 0.0945. The van der Waals surface area contributed by atoms with Gasteiger partial charge in [-0.3, -0.25) is 19.7 Å². The molecule has 0 aliphatic heterocycles. The second kappa shape index (κ2) is 4.92. The fourth-order valence-electron chi connectivity index (χ4n) is 1.10. The van der Waals surface area contributed by atoms with Crippen LogP contribution < -0.4 is 5.32 Å². The average Bonchev–Trinajstić information content (AvgIpc) is 2.38. The zero-order valence-corrected chi connectivity index (χ0v) is 8.37. The quantitative estimate of drug-likeness (QED) is 0.790. The van der Waals surface area contributed by atoms with Crippen molar-refractivity contribution in [2.75, 3.05) is 0 Å². The predicted molar refractivity (Wildman–Crippen MR) is 55.2 cm³/mol. The van der Waals surface area contributed by atoms with Crippen LogP contribution >= 0.6 is 0 Å². The first-order valence-electron chi connectivity index (χ1n) is 4.65. The van der Waals surface area contributed by atoms with Gasteiger partial charge < -0.3 is 5.32 Å². The van der Waals surface area contributed by atoms with E-state index in [0.717, 1.165) is 0 Å². The van der Waals surface area contributed by atoms with E-state index in [9.17, 15) is 4.79 Å². The highest BCUT2D eigenvalue weighted by Gasteiger charge is 2.06. The maximum absolute atomic E-state index is 11.6. The lowest BCUT2D eigenvalue weighted by Gasteiger charge is -2.02. The summed E-state index contributed by atoms with van der Waals surface area (Å²) < 4.78 is 0. The van der Waals surface area contributed by atoms with E-state index in [2.05, 4.69) is 25.3 Å². The van der Waals surface area contributed by atoms with Crippen LogP contribution in [0.1, 0.15) is 16.2 Å². The summed E-state index contributed by atoms with van der Waals surface area (Å²) in [6, 6.07) is 0. The van der Waals surface area contributed by atoms with Crippen molar-refractivity contribution in [1.29, 1.82) is 0 Å². The number of carbonyl (C=O) groups excluding carboxylic acids is 1. The summed E-state index contributed by atoms with van der Waals surface area (Å²) in [5, 5.41) is 2.67. The highest BCUT2D eigenvalue weighted by Crippen LogP contribution is 1.93. The Morgan fingerprint density at radius 2 is 1.81 bits per heavy atom. The number of aromatic nitrogens is 4. The molecule has 1 N–H and O–H groups in total. The van der Waals surface area contributed by atoms with Crippen molar-refractivity contribution in [2.24, 2.45) is 0 Å². The second-order valence-corrected chi connectivity index (χ2v) is 2.97. The molecule has 6 heteroatoms. The summed E-state index contributed by atoms with van der Waals surface area (Å²) >= 11 is 0. The third-order valence-electron chi connectivity index (χ3n) is 1.84. The summed E-state index contributed by atoms with van der Waals surface area (Å²) in [4.78, 5) is 27.2. The molecule has 2 aromatic heterocycles. The number of hydrogen-bond donors (Lipinski definition) is 1. The minimum absolute atomic E-state index is 0.279. The van der Waals surface area contributed by atoms with Crippen LogP contribution in [0.2, 0.25) is 0 Å². The Kier molecular flexibility index (Phi) is 3.12. The lowest BCUT2D eigenvalue weighted by atomic mass is 10.4. The summed E-state index contributed by atoms with van der Waals surface area (Å²) in [5.74, 6) is -0.279. The molecule has 0 saturated heterocycles. The molecule has 6 nitrogen and oxygen atoms in total. The van der Waals surface area contributed by atoms with Crippen LogP contribution in [0, 0.1) is 0 Å². The first-order valence-corrected chi connectivity index (χ1v) is 4.65. The molecule has 0 fully saturated rings. The van der Waals surface area contributed by atoms with E-state index in [0.29, 0.717) is 12.2 Å². The molecule has 80 valence electrons. The van der Waals surface area contributed by atoms with Crippen LogP contribution in [0.4, 0.5) is 0 Å². The first-order chi connectivity index (χ1) is 7.86. The maximum atomic E-state index is 11.6. The van der Waals surface area contributed by atoms with Gasteiger partial charge in [0, 0.05) is 24.8 Å². The SMILES string of the molecule is O=C(NCc1cnccn1)c1cnccn1. The fraction of sp³-hybridized carbons (Fsp3) is 0.100. The predicted octanol–water partition coefficient (Wildman–Crippen LogP) is 0.197. The molecule has 0 spiro atoms. The van der Waals surface area contributed by atoms with Crippen molar-refractivity contribution >= 4 is 5.91 Å². The molecule has 0 bridgehead atoms. The minimum Gasteiger partial charge on any atom is -0.345 e. The Morgan fingerprint density at radius 1 is 1.06 bits per heavy atom. The largest absolute Gasteiger partial charge is 0.345 e. The maximum Gasteiger partial charge on any atom is 0.271 e. The lowest BCUT2D eigenvalue weighted by Crippen LogP contribution is -2.24. The second-order valence-electron chi connectivity index (χ2n) is 2.97. The van der Waals surface area contributed by atoms with Gasteiger partial charge in [-0.15, -0.1) is 0 Å². The van der Waals surface area contributed by atoms with Crippen LogP contribution in [0.5, 0.6) is 0 Å². The summed E-state index contributed by atoms with van der Waals surface area (Å²) in [7, 11) is 0. The van der Waals surface area contributed by atoms with Crippen molar-refractivity contribution in [3.63, 3.8) is 0 Å². The van der Waals surface area contributed by atoms with Crippen LogP contribution in [0.25, 0.3) is 0 Å². The number of nitrogens with one attached hydrogen (secondary N) is 1. The Hall–Kier alpha value is -2.37. The highest BCUT2D eigenvalue weighted by atomic mass is 16.1. The van der Waals surface area contributed by atoms with Gasteiger partial charge in [-0.2, -0.15) is 0 Å². The monoisotopic (exact) mass is 215 g/mol. The summed E-state index contributed by atoms with van der Waals surface area (Å²) in [6.07, 6.45) is 9.14. The highest BCUT2D eigenvalue weighted by molar-refractivity contribution is 5.91. The number of nitrogens with zero attached hydrogens (tertiary/aromatic N) is 4. The fourth-order valence-corrected chi connectivity index (χ4v) is 1.10. The van der Waals surface area contributed by atoms with Gasteiger partial charge in [-0.05, 0) is 0 Å². The van der Waals surface area contributed by atoms with Crippen molar-refractivity contribution in [3.8, 4) is 0 Å². The van der Waals surface area contributed by atoms with Crippen LogP contribution in [0.3, 0.4) is 0 Å². The van der Waals surface area contributed by atoms with Gasteiger partial charge in [-0.25, -0.2) is 4.98 Å². The molecule has 1 amide bonds. The molecule has 0 unspecified atom stereocenters. The average molecular weight is 215 g/mol. The normalized spacial score (nSPS) is 9.75. The van der Waals surface area contributed by atoms with Gasteiger partial charge in [-0.1, -0.05) is 0 Å². The Bertz CT molecular complexity index is 459. The van der Waals surface area contributed by atoms with Crippen LogP contribution in [0.15, 0.2) is 37.2 Å². The molecule has 0 atom stereocenters. The standard InChI is InChI=1S/C10H9N5O/c16-10(9-7-12-2-4-14-9)15-6-8-5-11-1-3-13-8/h1-5,7H,6H2,(H,15,16). The van der Waals surface area contributed by atoms with Gasteiger partial charge in [0.15, 0.2) is 0 Å². The van der Waals surface area contributed by atoms with Gasteiger partial charge in [0.1, 0.15) is 5.69 Å². The van der Waals surface area contributed by atoms with Gasteiger partial charge >= 0.3 is 0 Å². The third-order valence-corrected chi connectivity index (χ3v) is 1.84. The Morgan fingerprint density at radius 3 is 2.44 bits per heavy atom. The zero-order chi connectivity index (χ0) is 11.2. The number of amides is 1. The van der Waals surface area contributed by atoms with E-state index >= 15 is 0 Å². The molecule has 0 aromatic carbocycles. The van der Waals surface area contributed by atoms with Crippen molar-refractivity contribution in [1.82, 2.24) is 25.3 Å². The van der Waals surface area contributed by atoms with Crippen LogP contribution in [-0.4, -0.2) is 25.8 Å². The number of hydrogen-bond acceptors (Lipinski definition) is 5. The minimum atomic E-state index is -0.279. The van der Waals surface area contributed by atoms with E-state index in [1.165, 1.54) is 18.6 Å². The van der Waals surface area contributed by atoms with Gasteiger partial charge in [0.25, 0.3) is 5.91 Å². The van der Waals surface area contributed by atoms with E-state index in [4.69, 9.17) is 0 Å². The molecule has 2 heterocycles. The molecule has 0 aliphatic carbocycles. The zero-order valence-electron chi connectivity index (χ0n) is 8.37. The summed E-state index contributed by atoms with van der Waals surface area (Å²) in [5.41, 5.74) is 0.978. The smallest absolute Gasteiger partial charge is 0.271 e. The van der Waals surface area contributed by atoms with E-state index in [1.807, 2.05) is 0 Å². The third kappa shape index (κ3) is 2.57. The molecule has 2 aromatic rings. The van der Waals surface area contributed by atoms with E-state index < -0.39 is 0 Å². The van der Waals surface area contributed by atoms with Gasteiger partial charge in [0.05, 0.1) is 24.6 Å². The number of rotatable bonds is 3. The Labute approximate surface area is 91.8 Å².